The molecule has 0 radical (unpaired) electrons. The fourth-order valence-electron chi connectivity index (χ4n) is 1.01. The summed E-state index contributed by atoms with van der Waals surface area (Å²) >= 11 is 0. The van der Waals surface area contributed by atoms with Crippen LogP contribution in [0.3, 0.4) is 0 Å². The Morgan fingerprint density at radius 2 is 1.88 bits per heavy atom. The highest BCUT2D eigenvalue weighted by molar-refractivity contribution is 7.88. The van der Waals surface area contributed by atoms with Crippen molar-refractivity contribution in [2.45, 2.75) is 6.92 Å². The molecule has 0 aliphatic heterocycles. The van der Waals surface area contributed by atoms with Gasteiger partial charge in [0.25, 0.3) is 0 Å². The highest BCUT2D eigenvalue weighted by Crippen LogP contribution is 2.00. The van der Waals surface area contributed by atoms with Crippen LogP contribution < -0.4 is 0 Å². The van der Waals surface area contributed by atoms with Crippen LogP contribution in [0, 0.1) is 0 Å². The van der Waals surface area contributed by atoms with E-state index in [2.05, 4.69) is 10.2 Å². The van der Waals surface area contributed by atoms with E-state index in [1.807, 2.05) is 37.3 Å². The van der Waals surface area contributed by atoms with Crippen molar-refractivity contribution >= 4 is 22.1 Å². The normalized spacial score (nSPS) is 13.0. The molecule has 0 saturated heterocycles. The van der Waals surface area contributed by atoms with Gasteiger partial charge in [0.15, 0.2) is 0 Å². The van der Waals surface area contributed by atoms with Crippen molar-refractivity contribution in [1.29, 1.82) is 0 Å². The van der Waals surface area contributed by atoms with Gasteiger partial charge in [-0.1, -0.05) is 30.3 Å². The molecule has 0 atom stereocenters. The summed E-state index contributed by atoms with van der Waals surface area (Å²) in [5.74, 6) is 0. The van der Waals surface area contributed by atoms with Gasteiger partial charge >= 0.3 is 0 Å². The molecule has 92 valence electrons. The molecule has 17 heavy (non-hydrogen) atoms. The largest absolute Gasteiger partial charge is 0.262 e. The Hall–Kier alpha value is -1.69. The Labute approximate surface area is 102 Å². The van der Waals surface area contributed by atoms with E-state index in [0.717, 1.165) is 21.8 Å². The summed E-state index contributed by atoms with van der Waals surface area (Å²) < 4.78 is 23.1. The molecule has 1 aromatic carbocycles. The molecule has 0 unspecified atom stereocenters. The van der Waals surface area contributed by atoms with Gasteiger partial charge in [0, 0.05) is 7.05 Å². The lowest BCUT2D eigenvalue weighted by molar-refractivity contribution is 0.562. The number of sulfonamides is 1. The van der Waals surface area contributed by atoms with Crippen molar-refractivity contribution in [3.8, 4) is 0 Å². The highest BCUT2D eigenvalue weighted by Gasteiger charge is 2.04. The lowest BCUT2D eigenvalue weighted by atomic mass is 10.1. The van der Waals surface area contributed by atoms with Gasteiger partial charge in [-0.15, -0.1) is 5.10 Å². The van der Waals surface area contributed by atoms with E-state index in [-0.39, 0.29) is 0 Å². The maximum absolute atomic E-state index is 11.1. The third kappa shape index (κ3) is 4.36. The van der Waals surface area contributed by atoms with E-state index in [1.165, 1.54) is 13.4 Å². The number of benzene rings is 1. The summed E-state index contributed by atoms with van der Waals surface area (Å²) in [6, 6.07) is 9.54. The van der Waals surface area contributed by atoms with Gasteiger partial charge in [0.2, 0.25) is 10.0 Å². The van der Waals surface area contributed by atoms with Crippen LogP contribution in [0.4, 0.5) is 0 Å². The van der Waals surface area contributed by atoms with Gasteiger partial charge in [-0.25, -0.2) is 8.42 Å². The Balaban J connectivity index is 2.76. The van der Waals surface area contributed by atoms with Crippen LogP contribution >= 0.6 is 0 Å². The highest BCUT2D eigenvalue weighted by atomic mass is 32.2. The molecule has 0 aliphatic rings. The van der Waals surface area contributed by atoms with Crippen LogP contribution in [0.1, 0.15) is 12.5 Å². The maximum Gasteiger partial charge on any atom is 0.232 e. The topological polar surface area (TPSA) is 62.1 Å². The molecule has 1 rings (SSSR count). The van der Waals surface area contributed by atoms with E-state index in [4.69, 9.17) is 0 Å². The molecule has 0 N–H and O–H groups in total. The molecule has 0 spiro atoms. The molecule has 0 fully saturated rings. The smallest absolute Gasteiger partial charge is 0.232 e. The predicted molar refractivity (Wildman–Crippen MR) is 69.8 cm³/mol. The summed E-state index contributed by atoms with van der Waals surface area (Å²) in [6.07, 6.45) is 2.27. The molecular formula is C11H15N3O2S. The summed E-state index contributed by atoms with van der Waals surface area (Å²) in [7, 11) is -1.84. The average Bonchev–Trinajstić information content (AvgIpc) is 2.28. The van der Waals surface area contributed by atoms with E-state index < -0.39 is 10.0 Å². The standard InChI is InChI=1S/C11H15N3O2S/c1-10(11-7-5-4-6-8-11)13-12-9-14(2)17(3,15)16/h4-9H,1-3H3/b12-9-,13-10+. The van der Waals surface area contributed by atoms with Crippen molar-refractivity contribution in [2.24, 2.45) is 10.2 Å². The maximum atomic E-state index is 11.1. The minimum Gasteiger partial charge on any atom is -0.262 e. The molecule has 0 bridgehead atoms. The fraction of sp³-hybridized carbons (Fsp3) is 0.273. The van der Waals surface area contributed by atoms with Crippen molar-refractivity contribution < 1.29 is 8.42 Å². The summed E-state index contributed by atoms with van der Waals surface area (Å²) in [5, 5.41) is 7.65. The van der Waals surface area contributed by atoms with Crippen LogP contribution in [-0.4, -0.2) is 38.1 Å². The first-order chi connectivity index (χ1) is 7.91. The quantitative estimate of drug-likeness (QED) is 0.461. The van der Waals surface area contributed by atoms with Crippen molar-refractivity contribution in [3.05, 3.63) is 35.9 Å². The second-order valence-electron chi connectivity index (χ2n) is 3.56. The zero-order valence-corrected chi connectivity index (χ0v) is 10.8. The minimum absolute atomic E-state index is 0.726. The van der Waals surface area contributed by atoms with E-state index in [9.17, 15) is 8.42 Å². The summed E-state index contributed by atoms with van der Waals surface area (Å²) in [6.45, 7) is 1.81. The molecule has 1 aromatic rings. The van der Waals surface area contributed by atoms with Gasteiger partial charge in [0.1, 0.15) is 6.34 Å². The zero-order chi connectivity index (χ0) is 12.9. The SMILES string of the molecule is C/C(=N\N=C/N(C)S(C)(=O)=O)c1ccccc1. The monoisotopic (exact) mass is 253 g/mol. The fourth-order valence-corrected chi connectivity index (χ4v) is 1.22. The molecule has 0 saturated carbocycles. The lowest BCUT2D eigenvalue weighted by Crippen LogP contribution is -2.23. The second kappa shape index (κ2) is 5.58. The van der Waals surface area contributed by atoms with Crippen LogP contribution in [0.25, 0.3) is 0 Å². The first kappa shape index (κ1) is 13.4. The zero-order valence-electron chi connectivity index (χ0n) is 10.0. The Morgan fingerprint density at radius 1 is 1.29 bits per heavy atom. The predicted octanol–water partition coefficient (Wildman–Crippen LogP) is 1.33. The third-order valence-corrected chi connectivity index (χ3v) is 3.28. The summed E-state index contributed by atoms with van der Waals surface area (Å²) in [4.78, 5) is 0. The summed E-state index contributed by atoms with van der Waals surface area (Å²) in [5.41, 5.74) is 1.68. The first-order valence-corrected chi connectivity index (χ1v) is 6.82. The number of hydrogen-bond donors (Lipinski definition) is 0. The van der Waals surface area contributed by atoms with Gasteiger partial charge in [-0.05, 0) is 12.5 Å². The molecule has 0 aromatic heterocycles. The Morgan fingerprint density at radius 3 is 2.41 bits per heavy atom. The van der Waals surface area contributed by atoms with E-state index in [0.29, 0.717) is 0 Å². The first-order valence-electron chi connectivity index (χ1n) is 4.97. The van der Waals surface area contributed by atoms with Gasteiger partial charge in [-0.2, -0.15) is 5.10 Å². The van der Waals surface area contributed by atoms with E-state index >= 15 is 0 Å². The van der Waals surface area contributed by atoms with Gasteiger partial charge in [0.05, 0.1) is 12.0 Å². The number of hydrogen-bond acceptors (Lipinski definition) is 4. The third-order valence-electron chi connectivity index (χ3n) is 2.14. The van der Waals surface area contributed by atoms with E-state index in [1.54, 1.807) is 0 Å². The van der Waals surface area contributed by atoms with Crippen molar-refractivity contribution in [3.63, 3.8) is 0 Å². The second-order valence-corrected chi connectivity index (χ2v) is 5.60. The van der Waals surface area contributed by atoms with Crippen LogP contribution in [0.2, 0.25) is 0 Å². The molecule has 6 heteroatoms. The molecule has 0 aliphatic carbocycles. The van der Waals surface area contributed by atoms with Crippen molar-refractivity contribution in [2.75, 3.05) is 13.3 Å². The van der Waals surface area contributed by atoms with Crippen LogP contribution in [-0.2, 0) is 10.0 Å². The molecule has 0 amide bonds. The molecule has 5 nitrogen and oxygen atoms in total. The molecular weight excluding hydrogens is 238 g/mol. The van der Waals surface area contributed by atoms with Gasteiger partial charge in [-0.3, -0.25) is 4.31 Å². The number of nitrogens with zero attached hydrogens (tertiary/aromatic N) is 3. The van der Waals surface area contributed by atoms with Crippen LogP contribution in [0.15, 0.2) is 40.5 Å². The van der Waals surface area contributed by atoms with Crippen molar-refractivity contribution in [1.82, 2.24) is 4.31 Å². The lowest BCUT2D eigenvalue weighted by Gasteiger charge is -2.07. The number of rotatable bonds is 4. The van der Waals surface area contributed by atoms with Gasteiger partial charge < -0.3 is 0 Å². The molecule has 0 heterocycles. The average molecular weight is 253 g/mol. The Bertz CT molecular complexity index is 521. The van der Waals surface area contributed by atoms with Crippen LogP contribution in [0.5, 0.6) is 0 Å². The minimum atomic E-state index is -3.25. The Kier molecular flexibility index (Phi) is 4.39.